The van der Waals surface area contributed by atoms with Gasteiger partial charge in [0.05, 0.1) is 38.5 Å². The van der Waals surface area contributed by atoms with Gasteiger partial charge >= 0.3 is 0 Å². The van der Waals surface area contributed by atoms with Crippen molar-refractivity contribution in [1.29, 1.82) is 0 Å². The average Bonchev–Trinajstić information content (AvgIpc) is 2.45. The Morgan fingerprint density at radius 2 is 1.13 bits per heavy atom. The highest BCUT2D eigenvalue weighted by Gasteiger charge is 2.05. The summed E-state index contributed by atoms with van der Waals surface area (Å²) in [7, 11) is 0. The average molecular weight is 386 g/mol. The summed E-state index contributed by atoms with van der Waals surface area (Å²) >= 11 is 10.1. The molecular weight excluding hydrogens is 345 g/mol. The van der Waals surface area contributed by atoms with Crippen molar-refractivity contribution >= 4 is 29.7 Å². The molecule has 0 fully saturated rings. The molecule has 0 amide bonds. The topological polar surface area (TPSA) is 22.9 Å². The summed E-state index contributed by atoms with van der Waals surface area (Å²) in [5.41, 5.74) is -2.38. The van der Waals surface area contributed by atoms with Crippen molar-refractivity contribution in [3.05, 3.63) is 0 Å². The van der Waals surface area contributed by atoms with Crippen molar-refractivity contribution < 1.29 is 13.9 Å². The molecule has 0 heterocycles. The molecule has 0 radical (unpaired) electrons. The van der Waals surface area contributed by atoms with Crippen LogP contribution in [-0.2, 0) is 33.1 Å². The lowest BCUT2D eigenvalue weighted by Gasteiger charge is -2.29. The summed E-state index contributed by atoms with van der Waals surface area (Å²) in [6.45, 7) is 20.3. The van der Waals surface area contributed by atoms with E-state index in [2.05, 4.69) is 48.5 Å². The molecule has 6 heteroatoms. The standard InChI is InChI=1S/C9H21N.C8H19O2PS2/c1-4-7-10(8-5-2)9-6-3;1-7(2)5-9-11(12,13)10-6-8(3)4/h4-9H2,1-3H3;7-8H,5-6H2,1-4H3,(H,12,13). The van der Waals surface area contributed by atoms with Gasteiger partial charge in [-0.3, -0.25) is 0 Å². The van der Waals surface area contributed by atoms with Crippen LogP contribution in [0.4, 0.5) is 0 Å². The van der Waals surface area contributed by atoms with Gasteiger partial charge in [-0.2, -0.15) is 0 Å². The number of quaternary nitrogens is 1. The number of rotatable bonds is 12. The molecule has 0 spiro atoms. The van der Waals surface area contributed by atoms with Crippen LogP contribution in [0.1, 0.15) is 67.7 Å². The lowest BCUT2D eigenvalue weighted by atomic mass is 10.2. The zero-order valence-corrected chi connectivity index (χ0v) is 18.9. The van der Waals surface area contributed by atoms with Crippen LogP contribution in [0.25, 0.3) is 0 Å². The van der Waals surface area contributed by atoms with Gasteiger partial charge in [0.25, 0.3) is 0 Å². The van der Waals surface area contributed by atoms with Gasteiger partial charge in [0.15, 0.2) is 0 Å². The second-order valence-electron chi connectivity index (χ2n) is 6.83. The lowest BCUT2D eigenvalue weighted by Crippen LogP contribution is -3.11. The third-order valence-electron chi connectivity index (χ3n) is 2.94. The summed E-state index contributed by atoms with van der Waals surface area (Å²) in [5, 5.41) is 0. The van der Waals surface area contributed by atoms with Gasteiger partial charge < -0.3 is 26.2 Å². The van der Waals surface area contributed by atoms with E-state index in [-0.39, 0.29) is 0 Å². The zero-order chi connectivity index (χ0) is 18.3. The fourth-order valence-electron chi connectivity index (χ4n) is 1.95. The van der Waals surface area contributed by atoms with Crippen molar-refractivity contribution in [2.24, 2.45) is 11.8 Å². The molecule has 142 valence electrons. The Bertz CT molecular complexity index is 272. The predicted molar refractivity (Wildman–Crippen MR) is 110 cm³/mol. The second-order valence-corrected chi connectivity index (χ2v) is 11.8. The minimum atomic E-state index is -2.38. The van der Waals surface area contributed by atoms with E-state index in [1.165, 1.54) is 38.9 Å². The van der Waals surface area contributed by atoms with Gasteiger partial charge in [-0.25, -0.2) is 0 Å². The van der Waals surface area contributed by atoms with Crippen LogP contribution in [-0.4, -0.2) is 32.8 Å². The van der Waals surface area contributed by atoms with Gasteiger partial charge in [-0.1, -0.05) is 60.3 Å². The molecule has 0 aromatic rings. The van der Waals surface area contributed by atoms with E-state index in [0.717, 1.165) is 0 Å². The van der Waals surface area contributed by atoms with Crippen molar-refractivity contribution in [2.75, 3.05) is 32.8 Å². The van der Waals surface area contributed by atoms with Crippen LogP contribution in [0, 0.1) is 11.8 Å². The molecular formula is C17H40NO2PS2. The summed E-state index contributed by atoms with van der Waals surface area (Å²) in [6.07, 6.45) is 3.99. The fourth-order valence-corrected chi connectivity index (χ4v) is 3.72. The van der Waals surface area contributed by atoms with Gasteiger partial charge in [0.1, 0.15) is 0 Å². The highest BCUT2D eigenvalue weighted by molar-refractivity contribution is 8.51. The summed E-state index contributed by atoms with van der Waals surface area (Å²) in [4.78, 5) is 1.78. The van der Waals surface area contributed by atoms with Gasteiger partial charge in [0, 0.05) is 0 Å². The first-order valence-corrected chi connectivity index (χ1v) is 12.8. The second kappa shape index (κ2) is 16.4. The molecule has 0 saturated carbocycles. The Kier molecular flexibility index (Phi) is 18.6. The molecule has 0 rings (SSSR count). The molecule has 0 aromatic carbocycles. The summed E-state index contributed by atoms with van der Waals surface area (Å²) in [6, 6.07) is 0. The Morgan fingerprint density at radius 3 is 1.35 bits per heavy atom. The van der Waals surface area contributed by atoms with Crippen molar-refractivity contribution in [3.8, 4) is 0 Å². The maximum Gasteiger partial charge on any atom is 0.0768 e. The Balaban J connectivity index is 0. The van der Waals surface area contributed by atoms with Crippen LogP contribution < -0.4 is 4.90 Å². The van der Waals surface area contributed by atoms with Crippen molar-refractivity contribution in [1.82, 2.24) is 0 Å². The number of hydrogen-bond donors (Lipinski definition) is 1. The normalized spacial score (nSPS) is 12.0. The van der Waals surface area contributed by atoms with Crippen molar-refractivity contribution in [3.63, 3.8) is 0 Å². The maximum absolute atomic E-state index is 5.36. The van der Waals surface area contributed by atoms with Gasteiger partial charge in [0.2, 0.25) is 0 Å². The van der Waals surface area contributed by atoms with Crippen LogP contribution in [0.2, 0.25) is 0 Å². The van der Waals surface area contributed by atoms with E-state index in [0.29, 0.717) is 25.0 Å². The Hall–Kier alpha value is 0.880. The largest absolute Gasteiger partial charge is 0.691 e. The predicted octanol–water partition coefficient (Wildman–Crippen LogP) is 4.20. The van der Waals surface area contributed by atoms with E-state index in [1.54, 1.807) is 4.90 Å². The van der Waals surface area contributed by atoms with Crippen LogP contribution >= 0.6 is 5.69 Å². The van der Waals surface area contributed by atoms with E-state index in [4.69, 9.17) is 33.1 Å². The Labute approximate surface area is 156 Å². The van der Waals surface area contributed by atoms with E-state index < -0.39 is 5.69 Å². The van der Waals surface area contributed by atoms with Crippen LogP contribution in [0.15, 0.2) is 0 Å². The monoisotopic (exact) mass is 385 g/mol. The lowest BCUT2D eigenvalue weighted by molar-refractivity contribution is -0.900. The molecule has 0 aliphatic carbocycles. The minimum absolute atomic E-state index is 0.452. The van der Waals surface area contributed by atoms with E-state index >= 15 is 0 Å². The maximum atomic E-state index is 5.36. The third-order valence-corrected chi connectivity index (χ3v) is 5.14. The molecule has 1 N–H and O–H groups in total. The van der Waals surface area contributed by atoms with E-state index in [1.807, 2.05) is 0 Å². The molecule has 0 aromatic heterocycles. The zero-order valence-electron chi connectivity index (χ0n) is 16.4. The third kappa shape index (κ3) is 20.8. The smallest absolute Gasteiger partial charge is 0.0768 e. The molecule has 0 atom stereocenters. The molecule has 0 bridgehead atoms. The molecule has 0 aliphatic rings. The first-order chi connectivity index (χ1) is 10.7. The highest BCUT2D eigenvalue weighted by Crippen LogP contribution is 2.46. The molecule has 0 unspecified atom stereocenters. The molecule has 0 saturated heterocycles. The quantitative estimate of drug-likeness (QED) is 0.402. The van der Waals surface area contributed by atoms with Crippen LogP contribution in [0.3, 0.4) is 0 Å². The first kappa shape index (κ1) is 26.1. The molecule has 3 nitrogen and oxygen atoms in total. The van der Waals surface area contributed by atoms with Gasteiger partial charge in [-0.05, 0) is 31.1 Å². The molecule has 23 heavy (non-hydrogen) atoms. The molecule has 0 aliphatic heterocycles. The van der Waals surface area contributed by atoms with Crippen LogP contribution in [0.5, 0.6) is 0 Å². The van der Waals surface area contributed by atoms with Gasteiger partial charge in [-0.15, -0.1) is 0 Å². The summed E-state index contributed by atoms with van der Waals surface area (Å²) in [5.74, 6) is 0.904. The number of hydrogen-bond acceptors (Lipinski definition) is 4. The first-order valence-electron chi connectivity index (χ1n) is 9.12. The minimum Gasteiger partial charge on any atom is -0.691 e. The Morgan fingerprint density at radius 1 is 0.826 bits per heavy atom. The van der Waals surface area contributed by atoms with E-state index in [9.17, 15) is 0 Å². The fraction of sp³-hybridized carbons (Fsp3) is 1.00. The number of nitrogens with one attached hydrogen (secondary N) is 1. The summed E-state index contributed by atoms with van der Waals surface area (Å²) < 4.78 is 10.7. The van der Waals surface area contributed by atoms with Crippen molar-refractivity contribution in [2.45, 2.75) is 67.7 Å². The highest BCUT2D eigenvalue weighted by atomic mass is 32.9. The SMILES string of the molecule is CC(C)COP(=S)([S-])OCC(C)C.CCC[NH+](CCC)CCC.